The molecule has 43 heavy (non-hydrogen) atoms. The van der Waals surface area contributed by atoms with Crippen LogP contribution >= 0.6 is 0 Å². The number of benzene rings is 2. The summed E-state index contributed by atoms with van der Waals surface area (Å²) in [5, 5.41) is 9.53. The summed E-state index contributed by atoms with van der Waals surface area (Å²) in [4.78, 5) is 29.1. The molecule has 2 aromatic rings. The molecule has 1 aliphatic carbocycles. The fraction of sp³-hybridized carbons (Fsp3) is 0.441. The summed E-state index contributed by atoms with van der Waals surface area (Å²) >= 11 is 0. The van der Waals surface area contributed by atoms with Gasteiger partial charge in [-0.2, -0.15) is 5.26 Å². The maximum absolute atomic E-state index is 14.3. The highest BCUT2D eigenvalue weighted by atomic mass is 32.2. The molecule has 4 atom stereocenters. The van der Waals surface area contributed by atoms with Crippen molar-refractivity contribution in [2.24, 2.45) is 11.8 Å². The largest absolute Gasteiger partial charge is 0.445 e. The van der Waals surface area contributed by atoms with Crippen LogP contribution in [0.3, 0.4) is 0 Å². The molecular weight excluding hydrogens is 564 g/mol. The molecule has 1 saturated carbocycles. The first kappa shape index (κ1) is 29.3. The van der Waals surface area contributed by atoms with Gasteiger partial charge in [-0.25, -0.2) is 13.2 Å². The molecule has 1 amide bonds. The van der Waals surface area contributed by atoms with Crippen molar-refractivity contribution < 1.29 is 27.5 Å². The summed E-state index contributed by atoms with van der Waals surface area (Å²) in [6, 6.07) is 19.0. The second-order valence-corrected chi connectivity index (χ2v) is 14.8. The number of carbonyl (C=O) groups is 2. The molecule has 0 N–H and O–H groups in total. The molecule has 8 nitrogen and oxygen atoms in total. The fourth-order valence-electron chi connectivity index (χ4n) is 7.45. The topological polar surface area (TPSA) is 114 Å². The molecule has 0 aromatic heterocycles. The summed E-state index contributed by atoms with van der Waals surface area (Å²) in [6.07, 6.45) is 1.64. The summed E-state index contributed by atoms with van der Waals surface area (Å²) < 4.78 is 39.2. The lowest BCUT2D eigenvalue weighted by Crippen LogP contribution is -2.47. The van der Waals surface area contributed by atoms with Crippen LogP contribution < -0.4 is 0 Å². The van der Waals surface area contributed by atoms with E-state index < -0.39 is 28.0 Å². The van der Waals surface area contributed by atoms with Crippen LogP contribution in [0.4, 0.5) is 4.79 Å². The van der Waals surface area contributed by atoms with Gasteiger partial charge in [0, 0.05) is 23.6 Å². The van der Waals surface area contributed by atoms with Gasteiger partial charge in [0.1, 0.15) is 12.7 Å². The molecule has 1 fully saturated rings. The first-order chi connectivity index (χ1) is 20.5. The number of carbonyl (C=O) groups excluding carboxylic acids is 2. The van der Waals surface area contributed by atoms with Gasteiger partial charge < -0.3 is 9.47 Å². The van der Waals surface area contributed by atoms with E-state index in [1.54, 1.807) is 24.3 Å². The Morgan fingerprint density at radius 3 is 2.58 bits per heavy atom. The third-order valence-electron chi connectivity index (χ3n) is 9.68. The molecule has 0 spiro atoms. The van der Waals surface area contributed by atoms with Crippen LogP contribution in [-0.4, -0.2) is 50.3 Å². The first-order valence-corrected chi connectivity index (χ1v) is 16.5. The van der Waals surface area contributed by atoms with E-state index in [0.717, 1.165) is 12.8 Å². The lowest BCUT2D eigenvalue weighted by Gasteiger charge is -2.45. The number of ketones is 1. The highest BCUT2D eigenvalue weighted by Crippen LogP contribution is 2.50. The number of Topliss-reactive ketones (excluding diaryl/α,β-unsaturated/α-hetero) is 1. The molecule has 3 aliphatic heterocycles. The highest BCUT2D eigenvalue weighted by Gasteiger charge is 2.51. The Morgan fingerprint density at radius 2 is 1.84 bits per heavy atom. The minimum Gasteiger partial charge on any atom is -0.445 e. The SMILES string of the molecule is C[C@H]1CC[C@H](C(C)(C)c2ccccc2)[C@@H](OC(=O)N2C3=C(C(=O)COC3)C(c3cccc(C#N)c3)C3=C2CCS3(=O)=O)C1. The summed E-state index contributed by atoms with van der Waals surface area (Å²) in [6.45, 7) is 6.28. The summed E-state index contributed by atoms with van der Waals surface area (Å²) in [7, 11) is -3.80. The number of hydrogen-bond acceptors (Lipinski definition) is 7. The van der Waals surface area contributed by atoms with E-state index in [9.17, 15) is 23.3 Å². The highest BCUT2D eigenvalue weighted by molar-refractivity contribution is 7.95. The number of rotatable bonds is 4. The van der Waals surface area contributed by atoms with Crippen LogP contribution in [0.5, 0.6) is 0 Å². The van der Waals surface area contributed by atoms with Crippen LogP contribution in [0.25, 0.3) is 0 Å². The molecule has 3 heterocycles. The Bertz CT molecular complexity index is 1680. The van der Waals surface area contributed by atoms with E-state index in [2.05, 4.69) is 39.0 Å². The smallest absolute Gasteiger partial charge is 0.418 e. The van der Waals surface area contributed by atoms with Gasteiger partial charge in [-0.3, -0.25) is 9.69 Å². The number of ether oxygens (including phenoxy) is 2. The normalized spacial score (nSPS) is 26.9. The zero-order chi connectivity index (χ0) is 30.5. The third-order valence-corrected chi connectivity index (χ3v) is 11.6. The van der Waals surface area contributed by atoms with Crippen LogP contribution in [0.2, 0.25) is 0 Å². The van der Waals surface area contributed by atoms with Crippen LogP contribution in [-0.2, 0) is 29.5 Å². The van der Waals surface area contributed by atoms with Gasteiger partial charge in [-0.05, 0) is 47.4 Å². The van der Waals surface area contributed by atoms with Crippen molar-refractivity contribution in [2.75, 3.05) is 19.0 Å². The molecule has 2 aromatic carbocycles. The van der Waals surface area contributed by atoms with Gasteiger partial charge in [-0.15, -0.1) is 0 Å². The van der Waals surface area contributed by atoms with Crippen molar-refractivity contribution in [3.63, 3.8) is 0 Å². The monoisotopic (exact) mass is 600 g/mol. The lowest BCUT2D eigenvalue weighted by molar-refractivity contribution is -0.121. The van der Waals surface area contributed by atoms with E-state index in [4.69, 9.17) is 9.47 Å². The quantitative estimate of drug-likeness (QED) is 0.438. The molecule has 6 rings (SSSR count). The zero-order valence-electron chi connectivity index (χ0n) is 24.7. The predicted molar refractivity (Wildman–Crippen MR) is 160 cm³/mol. The molecule has 0 bridgehead atoms. The number of sulfone groups is 1. The van der Waals surface area contributed by atoms with Crippen molar-refractivity contribution in [3.8, 4) is 6.07 Å². The van der Waals surface area contributed by atoms with E-state index >= 15 is 0 Å². The average molecular weight is 601 g/mol. The van der Waals surface area contributed by atoms with Gasteiger partial charge in [0.25, 0.3) is 0 Å². The first-order valence-electron chi connectivity index (χ1n) is 14.9. The fourth-order valence-corrected chi connectivity index (χ4v) is 9.30. The van der Waals surface area contributed by atoms with Crippen molar-refractivity contribution in [3.05, 3.63) is 93.2 Å². The zero-order valence-corrected chi connectivity index (χ0v) is 25.5. The maximum Gasteiger partial charge on any atom is 0.418 e. The van der Waals surface area contributed by atoms with Gasteiger partial charge in [0.2, 0.25) is 0 Å². The Morgan fingerprint density at radius 1 is 1.07 bits per heavy atom. The Kier molecular flexibility index (Phi) is 7.55. The third kappa shape index (κ3) is 5.11. The Hall–Kier alpha value is -3.74. The second kappa shape index (κ2) is 11.1. The molecule has 0 radical (unpaired) electrons. The number of hydrogen-bond donors (Lipinski definition) is 0. The van der Waals surface area contributed by atoms with Crippen LogP contribution in [0.15, 0.2) is 76.5 Å². The van der Waals surface area contributed by atoms with Crippen molar-refractivity contribution >= 4 is 21.7 Å². The average Bonchev–Trinajstić information content (AvgIpc) is 3.30. The van der Waals surface area contributed by atoms with Gasteiger partial charge in [-0.1, -0.05) is 69.7 Å². The molecular formula is C34H36N2O6S. The minimum absolute atomic E-state index is 0.0263. The van der Waals surface area contributed by atoms with Gasteiger partial charge >= 0.3 is 6.09 Å². The Labute approximate surface area is 252 Å². The van der Waals surface area contributed by atoms with Gasteiger partial charge in [0.05, 0.1) is 40.5 Å². The van der Waals surface area contributed by atoms with E-state index in [0.29, 0.717) is 34.9 Å². The standard InChI is InChI=1S/C34H36N2O6S/c1-21-12-13-25(34(2,3)24-10-5-4-6-11-24)29(16-21)42-33(38)36-26-14-15-43(39,40)32(26)30(23-9-7-8-22(17-23)18-35)31-27(36)19-41-20-28(31)37/h4-11,17,21,25,29-30H,12-16,19-20H2,1-3H3/t21-,25-,29-,30?/m0/s1. The minimum atomic E-state index is -3.80. The van der Waals surface area contributed by atoms with Crippen molar-refractivity contribution in [1.29, 1.82) is 5.26 Å². The van der Waals surface area contributed by atoms with E-state index in [1.165, 1.54) is 10.5 Å². The lowest BCUT2D eigenvalue weighted by atomic mass is 9.64. The molecule has 4 aliphatic rings. The molecule has 0 saturated heterocycles. The predicted octanol–water partition coefficient (Wildman–Crippen LogP) is 5.76. The van der Waals surface area contributed by atoms with Crippen molar-refractivity contribution in [2.45, 2.75) is 63.9 Å². The molecule has 224 valence electrons. The van der Waals surface area contributed by atoms with E-state index in [1.807, 2.05) is 18.2 Å². The van der Waals surface area contributed by atoms with Gasteiger partial charge in [0.15, 0.2) is 15.6 Å². The summed E-state index contributed by atoms with van der Waals surface area (Å²) in [5.74, 6) is -1.06. The van der Waals surface area contributed by atoms with Crippen LogP contribution in [0.1, 0.15) is 69.1 Å². The van der Waals surface area contributed by atoms with Crippen LogP contribution in [0, 0.1) is 23.2 Å². The maximum atomic E-state index is 14.3. The summed E-state index contributed by atoms with van der Waals surface area (Å²) in [5.41, 5.74) is 2.65. The number of nitriles is 1. The second-order valence-electron chi connectivity index (χ2n) is 12.7. The van der Waals surface area contributed by atoms with Crippen molar-refractivity contribution in [1.82, 2.24) is 4.90 Å². The number of amides is 1. The van der Waals surface area contributed by atoms with E-state index in [-0.39, 0.29) is 53.0 Å². The number of nitrogens with zero attached hydrogens (tertiary/aromatic N) is 2. The molecule has 1 unspecified atom stereocenters. The molecule has 9 heteroatoms. The number of allylic oxidation sites excluding steroid dienone is 2. The Balaban J connectivity index is 1.43.